The Morgan fingerprint density at radius 1 is 1.08 bits per heavy atom. The van der Waals surface area contributed by atoms with Crippen molar-refractivity contribution in [2.75, 3.05) is 6.54 Å². The highest BCUT2D eigenvalue weighted by Gasteiger charge is 2.14. The minimum atomic E-state index is 0.0971. The average molecular weight is 336 g/mol. The second-order valence-electron chi connectivity index (χ2n) is 7.07. The lowest BCUT2D eigenvalue weighted by molar-refractivity contribution is -0.120. The van der Waals surface area contributed by atoms with E-state index in [2.05, 4.69) is 41.5 Å². The van der Waals surface area contributed by atoms with Gasteiger partial charge in [0.05, 0.1) is 12.1 Å². The molecule has 0 atom stereocenters. The van der Waals surface area contributed by atoms with Gasteiger partial charge in [0.15, 0.2) is 0 Å². The van der Waals surface area contributed by atoms with Crippen LogP contribution in [-0.4, -0.2) is 17.4 Å². The Morgan fingerprint density at radius 2 is 1.80 bits per heavy atom. The summed E-state index contributed by atoms with van der Waals surface area (Å²) in [5, 5.41) is 3.05. The Labute approximate surface area is 150 Å². The lowest BCUT2D eigenvalue weighted by Crippen LogP contribution is -2.27. The molecule has 3 rings (SSSR count). The summed E-state index contributed by atoms with van der Waals surface area (Å²) in [6, 6.07) is 12.5. The first kappa shape index (κ1) is 17.7. The van der Waals surface area contributed by atoms with Crippen molar-refractivity contribution < 1.29 is 4.79 Å². The minimum absolute atomic E-state index is 0.0971. The van der Waals surface area contributed by atoms with Crippen LogP contribution < -0.4 is 5.32 Å². The van der Waals surface area contributed by atoms with Gasteiger partial charge in [-0.25, -0.2) is 0 Å². The lowest BCUT2D eigenvalue weighted by atomic mass is 10.0. The highest BCUT2D eigenvalue weighted by Crippen LogP contribution is 2.26. The molecule has 3 heteroatoms. The Hall–Kier alpha value is -2.16. The van der Waals surface area contributed by atoms with E-state index in [1.807, 2.05) is 18.3 Å². The highest BCUT2D eigenvalue weighted by molar-refractivity contribution is 5.78. The number of nitrogens with one attached hydrogen (secondary N) is 1. The first-order chi connectivity index (χ1) is 12.2. The van der Waals surface area contributed by atoms with Gasteiger partial charge < -0.3 is 5.32 Å². The predicted octanol–water partition coefficient (Wildman–Crippen LogP) is 4.55. The maximum absolute atomic E-state index is 12.1. The molecule has 1 aliphatic carbocycles. The van der Waals surface area contributed by atoms with Crippen LogP contribution in [-0.2, 0) is 17.6 Å². The fraction of sp³-hybridized carbons (Fsp3) is 0.455. The zero-order chi connectivity index (χ0) is 17.5. The molecule has 0 aliphatic heterocycles. The lowest BCUT2D eigenvalue weighted by Gasteiger charge is -2.10. The quantitative estimate of drug-likeness (QED) is 0.806. The Kier molecular flexibility index (Phi) is 6.21. The van der Waals surface area contributed by atoms with Crippen molar-refractivity contribution >= 4 is 5.91 Å². The van der Waals surface area contributed by atoms with Crippen molar-refractivity contribution in [2.45, 2.75) is 51.9 Å². The predicted molar refractivity (Wildman–Crippen MR) is 102 cm³/mol. The van der Waals surface area contributed by atoms with E-state index in [4.69, 9.17) is 0 Å². The summed E-state index contributed by atoms with van der Waals surface area (Å²) in [7, 11) is 0. The standard InChI is InChI=1S/C22H28N2O/c1-2-17-7-10-20(11-8-17)21-12-9-19(16-24-21)15-22(25)23-14-13-18-5-3-4-6-18/h7-12,16,18H,2-6,13-15H2,1H3,(H,23,25). The molecule has 1 aromatic heterocycles. The van der Waals surface area contributed by atoms with Crippen LogP contribution in [0.15, 0.2) is 42.6 Å². The number of carbonyl (C=O) groups is 1. The number of hydrogen-bond donors (Lipinski definition) is 1. The second kappa shape index (κ2) is 8.80. The number of carbonyl (C=O) groups excluding carboxylic acids is 1. The fourth-order valence-electron chi connectivity index (χ4n) is 3.57. The molecule has 1 N–H and O–H groups in total. The van der Waals surface area contributed by atoms with Crippen LogP contribution in [0.2, 0.25) is 0 Å². The van der Waals surface area contributed by atoms with E-state index in [-0.39, 0.29) is 5.91 Å². The summed E-state index contributed by atoms with van der Waals surface area (Å²) in [5.41, 5.74) is 4.36. The summed E-state index contributed by atoms with van der Waals surface area (Å²) in [4.78, 5) is 16.6. The fourth-order valence-corrected chi connectivity index (χ4v) is 3.57. The molecule has 1 saturated carbocycles. The monoisotopic (exact) mass is 336 g/mol. The topological polar surface area (TPSA) is 42.0 Å². The van der Waals surface area contributed by atoms with Gasteiger partial charge in [-0.15, -0.1) is 0 Å². The zero-order valence-electron chi connectivity index (χ0n) is 15.1. The molecule has 3 nitrogen and oxygen atoms in total. The molecular weight excluding hydrogens is 308 g/mol. The molecule has 1 heterocycles. The number of nitrogens with zero attached hydrogens (tertiary/aromatic N) is 1. The molecule has 25 heavy (non-hydrogen) atoms. The number of aryl methyl sites for hydroxylation is 1. The SMILES string of the molecule is CCc1ccc(-c2ccc(CC(=O)NCCC3CCCC3)cn2)cc1. The third-order valence-electron chi connectivity index (χ3n) is 5.20. The smallest absolute Gasteiger partial charge is 0.224 e. The van der Waals surface area contributed by atoms with E-state index in [1.165, 1.54) is 31.2 Å². The van der Waals surface area contributed by atoms with Gasteiger partial charge in [0, 0.05) is 18.3 Å². The Balaban J connectivity index is 1.48. The number of aromatic nitrogens is 1. The van der Waals surface area contributed by atoms with Gasteiger partial charge in [-0.05, 0) is 36.0 Å². The molecule has 1 aliphatic rings. The van der Waals surface area contributed by atoms with Crippen LogP contribution in [0.5, 0.6) is 0 Å². The van der Waals surface area contributed by atoms with Crippen LogP contribution in [0.3, 0.4) is 0 Å². The zero-order valence-corrected chi connectivity index (χ0v) is 15.1. The van der Waals surface area contributed by atoms with Gasteiger partial charge in [0.2, 0.25) is 5.91 Å². The van der Waals surface area contributed by atoms with E-state index < -0.39 is 0 Å². The van der Waals surface area contributed by atoms with Crippen molar-refractivity contribution in [1.82, 2.24) is 10.3 Å². The third kappa shape index (κ3) is 5.15. The molecule has 0 spiro atoms. The van der Waals surface area contributed by atoms with Crippen LogP contribution in [0.1, 0.15) is 50.2 Å². The minimum Gasteiger partial charge on any atom is -0.356 e. The molecule has 1 amide bonds. The van der Waals surface area contributed by atoms with Crippen LogP contribution in [0.4, 0.5) is 0 Å². The normalized spacial score (nSPS) is 14.6. The Morgan fingerprint density at radius 3 is 2.44 bits per heavy atom. The Bertz CT molecular complexity index is 670. The first-order valence-electron chi connectivity index (χ1n) is 9.55. The molecular formula is C22H28N2O. The van der Waals surface area contributed by atoms with Gasteiger partial charge >= 0.3 is 0 Å². The van der Waals surface area contributed by atoms with E-state index >= 15 is 0 Å². The molecule has 1 fully saturated rings. The second-order valence-corrected chi connectivity index (χ2v) is 7.07. The van der Waals surface area contributed by atoms with Gasteiger partial charge in [-0.2, -0.15) is 0 Å². The molecule has 0 bridgehead atoms. The number of amides is 1. The van der Waals surface area contributed by atoms with E-state index in [0.29, 0.717) is 6.42 Å². The largest absolute Gasteiger partial charge is 0.356 e. The summed E-state index contributed by atoms with van der Waals surface area (Å²) < 4.78 is 0. The van der Waals surface area contributed by atoms with Gasteiger partial charge in [0.25, 0.3) is 0 Å². The number of hydrogen-bond acceptors (Lipinski definition) is 2. The van der Waals surface area contributed by atoms with E-state index in [9.17, 15) is 4.79 Å². The van der Waals surface area contributed by atoms with Crippen molar-refractivity contribution in [3.8, 4) is 11.3 Å². The number of rotatable bonds is 7. The van der Waals surface area contributed by atoms with Crippen LogP contribution >= 0.6 is 0 Å². The maximum atomic E-state index is 12.1. The van der Waals surface area contributed by atoms with Crippen molar-refractivity contribution in [1.29, 1.82) is 0 Å². The number of benzene rings is 1. The summed E-state index contributed by atoms with van der Waals surface area (Å²) in [6.07, 6.45) is 9.78. The molecule has 0 unspecified atom stereocenters. The first-order valence-corrected chi connectivity index (χ1v) is 9.55. The van der Waals surface area contributed by atoms with Crippen molar-refractivity contribution in [3.05, 3.63) is 53.7 Å². The molecule has 0 radical (unpaired) electrons. The van der Waals surface area contributed by atoms with Crippen molar-refractivity contribution in [3.63, 3.8) is 0 Å². The summed E-state index contributed by atoms with van der Waals surface area (Å²) in [5.74, 6) is 0.917. The van der Waals surface area contributed by atoms with E-state index in [1.54, 1.807) is 0 Å². The molecule has 0 saturated heterocycles. The van der Waals surface area contributed by atoms with Crippen molar-refractivity contribution in [2.24, 2.45) is 5.92 Å². The van der Waals surface area contributed by atoms with Gasteiger partial charge in [0.1, 0.15) is 0 Å². The van der Waals surface area contributed by atoms with Gasteiger partial charge in [-0.1, -0.05) is 62.9 Å². The van der Waals surface area contributed by atoms with E-state index in [0.717, 1.165) is 42.1 Å². The highest BCUT2D eigenvalue weighted by atomic mass is 16.1. The molecule has 132 valence electrons. The van der Waals surface area contributed by atoms with Gasteiger partial charge in [-0.3, -0.25) is 9.78 Å². The summed E-state index contributed by atoms with van der Waals surface area (Å²) >= 11 is 0. The third-order valence-corrected chi connectivity index (χ3v) is 5.20. The number of pyridine rings is 1. The summed E-state index contributed by atoms with van der Waals surface area (Å²) in [6.45, 7) is 2.96. The van der Waals surface area contributed by atoms with Crippen LogP contribution in [0, 0.1) is 5.92 Å². The average Bonchev–Trinajstić information content (AvgIpc) is 3.16. The van der Waals surface area contributed by atoms with Crippen LogP contribution in [0.25, 0.3) is 11.3 Å². The molecule has 2 aromatic rings. The molecule has 1 aromatic carbocycles. The maximum Gasteiger partial charge on any atom is 0.224 e.